The molecule has 0 saturated carbocycles. The van der Waals surface area contributed by atoms with Gasteiger partial charge < -0.3 is 0 Å². The van der Waals surface area contributed by atoms with E-state index in [2.05, 4.69) is 19.9 Å². The maximum absolute atomic E-state index is 11.0. The molecule has 1 aromatic carbocycles. The van der Waals surface area contributed by atoms with Gasteiger partial charge in [-0.1, -0.05) is 12.2 Å². The van der Waals surface area contributed by atoms with Gasteiger partial charge in [0.05, 0.1) is 16.0 Å². The third kappa shape index (κ3) is 2.73. The lowest BCUT2D eigenvalue weighted by molar-refractivity contribution is -0.384. The van der Waals surface area contributed by atoms with Gasteiger partial charge >= 0.3 is 0 Å². The van der Waals surface area contributed by atoms with Crippen LogP contribution in [0.2, 0.25) is 0 Å². The second-order valence-electron chi connectivity index (χ2n) is 6.21. The smallest absolute Gasteiger partial charge is 0.271 e. The molecule has 0 spiro atoms. The molecule has 0 aliphatic heterocycles. The number of aromatic nitrogens is 5. The van der Waals surface area contributed by atoms with E-state index in [9.17, 15) is 10.1 Å². The number of nitro groups is 1. The number of non-ortho nitro benzene ring substituents is 1. The van der Waals surface area contributed by atoms with E-state index in [1.165, 1.54) is 12.1 Å². The Labute approximate surface area is 158 Å². The average Bonchev–Trinajstić information content (AvgIpc) is 3.07. The van der Waals surface area contributed by atoms with Gasteiger partial charge in [-0.05, 0) is 41.5 Å². The van der Waals surface area contributed by atoms with E-state index < -0.39 is 4.92 Å². The van der Waals surface area contributed by atoms with Crippen LogP contribution in [-0.2, 0) is 0 Å². The van der Waals surface area contributed by atoms with Gasteiger partial charge in [-0.2, -0.15) is 0 Å². The summed E-state index contributed by atoms with van der Waals surface area (Å²) < 4.78 is 1.82. The van der Waals surface area contributed by atoms with Crippen molar-refractivity contribution in [1.29, 1.82) is 0 Å². The molecule has 4 heterocycles. The lowest BCUT2D eigenvalue weighted by atomic mass is 10.2. The minimum Gasteiger partial charge on any atom is -0.283 e. The first-order valence-corrected chi connectivity index (χ1v) is 8.49. The molecule has 8 heteroatoms. The first-order valence-electron chi connectivity index (χ1n) is 8.49. The molecule has 0 unspecified atom stereocenters. The summed E-state index contributed by atoms with van der Waals surface area (Å²) in [5.41, 5.74) is 4.82. The largest absolute Gasteiger partial charge is 0.283 e. The Morgan fingerprint density at radius 3 is 2.54 bits per heavy atom. The van der Waals surface area contributed by atoms with Crippen LogP contribution >= 0.6 is 0 Å². The normalized spacial score (nSPS) is 11.7. The summed E-state index contributed by atoms with van der Waals surface area (Å²) in [6.45, 7) is 0. The average molecular weight is 368 g/mol. The summed E-state index contributed by atoms with van der Waals surface area (Å²) in [6, 6.07) is 12.2. The Morgan fingerprint density at radius 1 is 0.893 bits per heavy atom. The van der Waals surface area contributed by atoms with Crippen LogP contribution < -0.4 is 0 Å². The monoisotopic (exact) mass is 368 g/mol. The van der Waals surface area contributed by atoms with Crippen molar-refractivity contribution >= 4 is 45.8 Å². The van der Waals surface area contributed by atoms with Crippen LogP contribution in [0.25, 0.3) is 40.1 Å². The molecular weight excluding hydrogens is 356 g/mol. The van der Waals surface area contributed by atoms with Crippen LogP contribution in [0.3, 0.4) is 0 Å². The van der Waals surface area contributed by atoms with Crippen molar-refractivity contribution in [3.8, 4) is 0 Å². The molecule has 0 saturated heterocycles. The Kier molecular flexibility index (Phi) is 3.55. The highest BCUT2D eigenvalue weighted by molar-refractivity contribution is 5.86. The molecule has 0 amide bonds. The summed E-state index contributed by atoms with van der Waals surface area (Å²) in [7, 11) is 0. The van der Waals surface area contributed by atoms with Crippen molar-refractivity contribution in [3.63, 3.8) is 0 Å². The second-order valence-corrected chi connectivity index (χ2v) is 6.21. The SMILES string of the molecule is O=[N+]([O-])c1ccc2nc3nc4cc(/C=C/c5ccncc5)ccn4c3nc2c1. The van der Waals surface area contributed by atoms with E-state index in [0.29, 0.717) is 28.0 Å². The highest BCUT2D eigenvalue weighted by atomic mass is 16.6. The Balaban J connectivity index is 1.62. The van der Waals surface area contributed by atoms with Crippen molar-refractivity contribution in [2.45, 2.75) is 0 Å². The van der Waals surface area contributed by atoms with Crippen LogP contribution in [0, 0.1) is 10.1 Å². The fourth-order valence-electron chi connectivity index (χ4n) is 3.02. The molecule has 28 heavy (non-hydrogen) atoms. The first-order chi connectivity index (χ1) is 13.7. The molecule has 134 valence electrons. The summed E-state index contributed by atoms with van der Waals surface area (Å²) in [6.07, 6.45) is 9.36. The standard InChI is InChI=1S/C20H12N6O2/c27-26(28)15-3-4-16-17(12-15)23-20-19(22-16)24-18-11-14(7-10-25(18)20)2-1-13-5-8-21-9-6-13/h1-12H/b2-1+. The number of nitrogens with zero attached hydrogens (tertiary/aromatic N) is 6. The number of fused-ring (bicyclic) bond motifs is 4. The van der Waals surface area contributed by atoms with Crippen molar-refractivity contribution in [3.05, 3.63) is 82.3 Å². The second kappa shape index (κ2) is 6.20. The Bertz CT molecular complexity index is 1390. The molecule has 5 aromatic rings. The molecular formula is C20H12N6O2. The number of benzene rings is 1. The van der Waals surface area contributed by atoms with Gasteiger partial charge in [0.15, 0.2) is 11.3 Å². The predicted octanol–water partition coefficient (Wildman–Crippen LogP) is 3.90. The van der Waals surface area contributed by atoms with Gasteiger partial charge in [0, 0.05) is 30.7 Å². The summed E-state index contributed by atoms with van der Waals surface area (Å²) in [5.74, 6) is 0. The van der Waals surface area contributed by atoms with Gasteiger partial charge in [-0.3, -0.25) is 19.5 Å². The lowest BCUT2D eigenvalue weighted by Crippen LogP contribution is -1.92. The van der Waals surface area contributed by atoms with E-state index in [1.807, 2.05) is 47.0 Å². The van der Waals surface area contributed by atoms with Crippen molar-refractivity contribution in [2.24, 2.45) is 0 Å². The molecule has 0 bridgehead atoms. The molecule has 0 aliphatic rings. The number of imidazole rings is 1. The zero-order valence-corrected chi connectivity index (χ0v) is 14.4. The Hall–Kier alpha value is -4.20. The molecule has 5 rings (SSSR count). The minimum atomic E-state index is -0.443. The van der Waals surface area contributed by atoms with Crippen molar-refractivity contribution in [1.82, 2.24) is 24.3 Å². The van der Waals surface area contributed by atoms with Gasteiger partial charge in [0.2, 0.25) is 0 Å². The van der Waals surface area contributed by atoms with Crippen molar-refractivity contribution < 1.29 is 4.92 Å². The zero-order valence-electron chi connectivity index (χ0n) is 14.4. The summed E-state index contributed by atoms with van der Waals surface area (Å²) >= 11 is 0. The minimum absolute atomic E-state index is 0.0153. The molecule has 0 radical (unpaired) electrons. The molecule has 0 fully saturated rings. The number of hydrogen-bond acceptors (Lipinski definition) is 6. The lowest BCUT2D eigenvalue weighted by Gasteiger charge is -1.99. The summed E-state index contributed by atoms with van der Waals surface area (Å²) in [5, 5.41) is 11.0. The van der Waals surface area contributed by atoms with Crippen LogP contribution in [0.1, 0.15) is 11.1 Å². The number of nitro benzene ring substituents is 1. The molecule has 4 aromatic heterocycles. The number of pyridine rings is 2. The molecule has 0 N–H and O–H groups in total. The van der Waals surface area contributed by atoms with Gasteiger partial charge in [0.1, 0.15) is 5.65 Å². The maximum Gasteiger partial charge on any atom is 0.271 e. The number of hydrogen-bond donors (Lipinski definition) is 0. The van der Waals surface area contributed by atoms with Crippen LogP contribution in [-0.4, -0.2) is 29.3 Å². The van der Waals surface area contributed by atoms with E-state index in [0.717, 1.165) is 11.1 Å². The van der Waals surface area contributed by atoms with Gasteiger partial charge in [0.25, 0.3) is 5.69 Å². The molecule has 0 atom stereocenters. The fourth-order valence-corrected chi connectivity index (χ4v) is 3.02. The van der Waals surface area contributed by atoms with Crippen LogP contribution in [0.4, 0.5) is 5.69 Å². The first kappa shape index (κ1) is 16.0. The van der Waals surface area contributed by atoms with Gasteiger partial charge in [-0.15, -0.1) is 0 Å². The predicted molar refractivity (Wildman–Crippen MR) is 106 cm³/mol. The zero-order chi connectivity index (χ0) is 19.1. The van der Waals surface area contributed by atoms with Crippen LogP contribution in [0.5, 0.6) is 0 Å². The fraction of sp³-hybridized carbons (Fsp3) is 0. The molecule has 8 nitrogen and oxygen atoms in total. The van der Waals surface area contributed by atoms with Crippen LogP contribution in [0.15, 0.2) is 61.1 Å². The summed E-state index contributed by atoms with van der Waals surface area (Å²) in [4.78, 5) is 28.2. The Morgan fingerprint density at radius 2 is 1.71 bits per heavy atom. The third-order valence-corrected chi connectivity index (χ3v) is 4.40. The quantitative estimate of drug-likeness (QED) is 0.354. The van der Waals surface area contributed by atoms with Gasteiger partial charge in [-0.25, -0.2) is 15.0 Å². The highest BCUT2D eigenvalue weighted by Crippen LogP contribution is 2.22. The number of rotatable bonds is 3. The third-order valence-electron chi connectivity index (χ3n) is 4.40. The van der Waals surface area contributed by atoms with E-state index >= 15 is 0 Å². The maximum atomic E-state index is 11.0. The van der Waals surface area contributed by atoms with Crippen molar-refractivity contribution in [2.75, 3.05) is 0 Å². The van der Waals surface area contributed by atoms with E-state index in [1.54, 1.807) is 18.5 Å². The van der Waals surface area contributed by atoms with E-state index in [4.69, 9.17) is 0 Å². The van der Waals surface area contributed by atoms with E-state index in [-0.39, 0.29) is 5.69 Å². The topological polar surface area (TPSA) is 99.1 Å². The highest BCUT2D eigenvalue weighted by Gasteiger charge is 2.12. The molecule has 0 aliphatic carbocycles.